The average molecular weight is 985 g/mol. The summed E-state index contributed by atoms with van der Waals surface area (Å²) in [7, 11) is 0. The van der Waals surface area contributed by atoms with Gasteiger partial charge in [-0.2, -0.15) is 0 Å². The van der Waals surface area contributed by atoms with Crippen molar-refractivity contribution in [2.75, 3.05) is 14.7 Å². The average Bonchev–Trinajstić information content (AvgIpc) is 3.94. The third-order valence-corrected chi connectivity index (χ3v) is 15.2. The van der Waals surface area contributed by atoms with Gasteiger partial charge in [-0.25, -0.2) is 0 Å². The molecule has 10 heterocycles. The SMILES string of the molecule is Cc1ccc(N2c3ccc(cc3)-c3ccc(cc3)N(c3ccccc3)c3ccc(cc3)-c3ccc4c(c3)c3cc(ccc3n4-c3ccccc3)-c3ccc(cc3)N(c3ccccc3)c3ccc(cc3)-c3ccc2cc3)cc1. The van der Waals surface area contributed by atoms with E-state index in [2.05, 4.69) is 323 Å². The first-order chi connectivity index (χ1) is 38.1. The fourth-order valence-electron chi connectivity index (χ4n) is 11.2. The summed E-state index contributed by atoms with van der Waals surface area (Å²) in [6.45, 7) is 2.14. The minimum Gasteiger partial charge on any atom is -0.311 e. The highest BCUT2D eigenvalue weighted by Gasteiger charge is 2.19. The summed E-state index contributed by atoms with van der Waals surface area (Å²) < 4.78 is 2.40. The monoisotopic (exact) mass is 984 g/mol. The van der Waals surface area contributed by atoms with Crippen LogP contribution >= 0.6 is 0 Å². The van der Waals surface area contributed by atoms with Crippen molar-refractivity contribution in [3.8, 4) is 50.2 Å². The lowest BCUT2D eigenvalue weighted by atomic mass is 9.99. The lowest BCUT2D eigenvalue weighted by molar-refractivity contribution is 1.18. The predicted octanol–water partition coefficient (Wildman–Crippen LogP) is 20.5. The number of rotatable bonds is 4. The van der Waals surface area contributed by atoms with Crippen LogP contribution in [0.2, 0.25) is 0 Å². The number of nitrogens with zero attached hydrogens (tertiary/aromatic N) is 4. The topological polar surface area (TPSA) is 14.7 Å². The Bertz CT molecular complexity index is 3960. The number of aromatic nitrogens is 1. The van der Waals surface area contributed by atoms with Crippen LogP contribution in [-0.2, 0) is 0 Å². The number of fused-ring (bicyclic) bond motifs is 2. The van der Waals surface area contributed by atoms with Crippen LogP contribution in [0.25, 0.3) is 72.0 Å². The quantitative estimate of drug-likeness (QED) is 0.175. The molecule has 0 radical (unpaired) electrons. The van der Waals surface area contributed by atoms with Gasteiger partial charge in [0.05, 0.1) is 11.0 Å². The normalized spacial score (nSPS) is 12.1. The van der Waals surface area contributed by atoms with E-state index in [0.717, 1.165) is 90.3 Å². The molecule has 0 N–H and O–H groups in total. The minimum absolute atomic E-state index is 1.09. The minimum atomic E-state index is 1.09. The standard InChI is InChI=1S/C73H52N4/c1-51-17-33-63(34-18-51)76-68-39-23-54(24-40-68)52-19-35-64(36-20-52)74(60-11-5-2-6-12-60)66-43-27-56(28-44-66)58-31-47-72-70(49-58)71-50-59(32-48-73(71)77(72)62-15-9-4-10-16-62)57-29-45-67(46-30-57)75(61-13-7-3-8-14-61)65-37-21-53(22-38-65)55-25-41-69(76)42-26-55/h2-50H,1H3. The molecule has 0 fully saturated rings. The van der Waals surface area contributed by atoms with E-state index in [1.165, 1.54) is 38.5 Å². The van der Waals surface area contributed by atoms with Crippen molar-refractivity contribution < 1.29 is 0 Å². The zero-order valence-electron chi connectivity index (χ0n) is 42.6. The lowest BCUT2D eigenvalue weighted by Crippen LogP contribution is -2.10. The molecule has 13 aromatic rings. The molecule has 0 amide bonds. The molecular weight excluding hydrogens is 933 g/mol. The van der Waals surface area contributed by atoms with Crippen LogP contribution in [0.15, 0.2) is 297 Å². The van der Waals surface area contributed by atoms with Crippen molar-refractivity contribution >= 4 is 73.0 Å². The third kappa shape index (κ3) is 8.48. The first-order valence-electron chi connectivity index (χ1n) is 26.4. The highest BCUT2D eigenvalue weighted by Crippen LogP contribution is 2.43. The number of anilines is 9. The zero-order valence-corrected chi connectivity index (χ0v) is 42.6. The van der Waals surface area contributed by atoms with Gasteiger partial charge in [0.1, 0.15) is 0 Å². The largest absolute Gasteiger partial charge is 0.311 e. The molecule has 1 aromatic heterocycles. The summed E-state index contributed by atoms with van der Waals surface area (Å²) in [6, 6.07) is 109. The van der Waals surface area contributed by atoms with Crippen molar-refractivity contribution in [2.24, 2.45) is 0 Å². The fraction of sp³-hybridized carbons (Fsp3) is 0.0137. The maximum atomic E-state index is 2.40. The molecule has 4 nitrogen and oxygen atoms in total. The molecule has 0 spiro atoms. The number of hydrogen-bond donors (Lipinski definition) is 0. The molecular formula is C73H52N4. The molecule has 12 aromatic carbocycles. The molecule has 9 aliphatic heterocycles. The fourth-order valence-corrected chi connectivity index (χ4v) is 11.2. The molecule has 364 valence electrons. The molecule has 0 aliphatic carbocycles. The molecule has 22 rings (SSSR count). The van der Waals surface area contributed by atoms with Gasteiger partial charge in [0, 0.05) is 67.6 Å². The number of benzene rings is 12. The van der Waals surface area contributed by atoms with Crippen LogP contribution in [-0.4, -0.2) is 4.57 Å². The molecule has 0 atom stereocenters. The Hall–Kier alpha value is -10.2. The Morgan fingerprint density at radius 3 is 0.701 bits per heavy atom. The van der Waals surface area contributed by atoms with Crippen molar-refractivity contribution in [3.63, 3.8) is 0 Å². The maximum Gasteiger partial charge on any atom is 0.0541 e. The van der Waals surface area contributed by atoms with E-state index in [4.69, 9.17) is 0 Å². The Morgan fingerprint density at radius 1 is 0.195 bits per heavy atom. The van der Waals surface area contributed by atoms with Crippen molar-refractivity contribution in [1.29, 1.82) is 0 Å². The van der Waals surface area contributed by atoms with Crippen LogP contribution in [0.3, 0.4) is 0 Å². The second kappa shape index (κ2) is 19.3. The van der Waals surface area contributed by atoms with Gasteiger partial charge in [-0.1, -0.05) is 157 Å². The summed E-state index contributed by atoms with van der Waals surface area (Å²) in [5.74, 6) is 0. The number of aryl methyl sites for hydroxylation is 1. The van der Waals surface area contributed by atoms with Crippen LogP contribution < -0.4 is 14.7 Å². The predicted molar refractivity (Wildman–Crippen MR) is 325 cm³/mol. The van der Waals surface area contributed by atoms with Gasteiger partial charge in [0.15, 0.2) is 0 Å². The van der Waals surface area contributed by atoms with Gasteiger partial charge < -0.3 is 19.3 Å². The number of para-hydroxylation sites is 3. The molecule has 0 saturated heterocycles. The van der Waals surface area contributed by atoms with Gasteiger partial charge in [-0.05, 0) is 197 Å². The van der Waals surface area contributed by atoms with Crippen LogP contribution in [0.1, 0.15) is 5.56 Å². The molecule has 9 aliphatic rings. The third-order valence-electron chi connectivity index (χ3n) is 15.2. The summed E-state index contributed by atoms with van der Waals surface area (Å²) in [4.78, 5) is 7.02. The van der Waals surface area contributed by atoms with Crippen LogP contribution in [0.4, 0.5) is 51.2 Å². The highest BCUT2D eigenvalue weighted by atomic mass is 15.2. The van der Waals surface area contributed by atoms with Gasteiger partial charge in [0.2, 0.25) is 0 Å². The Kier molecular flexibility index (Phi) is 11.4. The summed E-state index contributed by atoms with van der Waals surface area (Å²) in [6.07, 6.45) is 0. The van der Waals surface area contributed by atoms with E-state index < -0.39 is 0 Å². The van der Waals surface area contributed by atoms with Crippen LogP contribution in [0, 0.1) is 6.92 Å². The van der Waals surface area contributed by atoms with Gasteiger partial charge in [-0.15, -0.1) is 0 Å². The van der Waals surface area contributed by atoms with Crippen LogP contribution in [0.5, 0.6) is 0 Å². The second-order valence-electron chi connectivity index (χ2n) is 19.9. The number of hydrogen-bond acceptors (Lipinski definition) is 3. The van der Waals surface area contributed by atoms with E-state index in [9.17, 15) is 0 Å². The Labute approximate surface area is 449 Å². The maximum absolute atomic E-state index is 2.40. The highest BCUT2D eigenvalue weighted by molar-refractivity contribution is 6.11. The molecule has 4 heteroatoms. The molecule has 0 saturated carbocycles. The summed E-state index contributed by atoms with van der Waals surface area (Å²) >= 11 is 0. The smallest absolute Gasteiger partial charge is 0.0541 e. The van der Waals surface area contributed by atoms with Gasteiger partial charge in [-0.3, -0.25) is 0 Å². The molecule has 77 heavy (non-hydrogen) atoms. The van der Waals surface area contributed by atoms with E-state index in [-0.39, 0.29) is 0 Å². The lowest BCUT2D eigenvalue weighted by Gasteiger charge is -2.27. The van der Waals surface area contributed by atoms with Crippen molar-refractivity contribution in [2.45, 2.75) is 6.92 Å². The second-order valence-corrected chi connectivity index (χ2v) is 19.9. The van der Waals surface area contributed by atoms with Crippen molar-refractivity contribution in [3.05, 3.63) is 303 Å². The zero-order chi connectivity index (χ0) is 51.2. The Balaban J connectivity index is 0.918. The first kappa shape index (κ1) is 45.5. The van der Waals surface area contributed by atoms with Gasteiger partial charge in [0.25, 0.3) is 0 Å². The summed E-state index contributed by atoms with van der Waals surface area (Å²) in [5.41, 5.74) is 23.8. The summed E-state index contributed by atoms with van der Waals surface area (Å²) in [5, 5.41) is 2.42. The molecule has 16 bridgehead atoms. The van der Waals surface area contributed by atoms with E-state index in [1.807, 2.05) is 0 Å². The van der Waals surface area contributed by atoms with E-state index in [0.29, 0.717) is 0 Å². The van der Waals surface area contributed by atoms with E-state index in [1.54, 1.807) is 0 Å². The van der Waals surface area contributed by atoms with E-state index >= 15 is 0 Å². The Morgan fingerprint density at radius 2 is 0.416 bits per heavy atom. The first-order valence-corrected chi connectivity index (χ1v) is 26.4. The molecule has 0 unspecified atom stereocenters. The van der Waals surface area contributed by atoms with Gasteiger partial charge >= 0.3 is 0 Å². The van der Waals surface area contributed by atoms with Crippen molar-refractivity contribution in [1.82, 2.24) is 4.57 Å².